The largest absolute Gasteiger partial charge is 0.337 e. The zero-order valence-corrected chi connectivity index (χ0v) is 16.3. The molecule has 2 aromatic rings. The quantitative estimate of drug-likeness (QED) is 0.862. The van der Waals surface area contributed by atoms with Gasteiger partial charge in [-0.3, -0.25) is 9.59 Å². The summed E-state index contributed by atoms with van der Waals surface area (Å²) in [7, 11) is 0. The second-order valence-corrected chi connectivity index (χ2v) is 8.25. The Kier molecular flexibility index (Phi) is 4.96. The number of benzene rings is 2. The molecule has 0 unspecified atom stereocenters. The summed E-state index contributed by atoms with van der Waals surface area (Å²) >= 11 is 1.56. The van der Waals surface area contributed by atoms with Gasteiger partial charge in [0, 0.05) is 18.8 Å². The smallest absolute Gasteiger partial charge is 0.235 e. The molecule has 0 saturated heterocycles. The number of amides is 2. The summed E-state index contributed by atoms with van der Waals surface area (Å²) in [5, 5.41) is 3.12. The zero-order valence-electron chi connectivity index (χ0n) is 15.5. The molecule has 27 heavy (non-hydrogen) atoms. The Labute approximate surface area is 164 Å². The molecule has 0 bridgehead atoms. The van der Waals surface area contributed by atoms with Gasteiger partial charge in [0.15, 0.2) is 0 Å². The van der Waals surface area contributed by atoms with Crippen molar-refractivity contribution in [2.75, 3.05) is 23.9 Å². The molecule has 4 nitrogen and oxygen atoms in total. The van der Waals surface area contributed by atoms with Crippen LogP contribution in [0.25, 0.3) is 0 Å². The highest BCUT2D eigenvalue weighted by molar-refractivity contribution is 7.99. The first-order chi connectivity index (χ1) is 13.1. The molecule has 1 heterocycles. The minimum atomic E-state index is -0.377. The van der Waals surface area contributed by atoms with Crippen molar-refractivity contribution < 1.29 is 9.59 Å². The van der Waals surface area contributed by atoms with E-state index in [4.69, 9.17) is 0 Å². The molecule has 1 fully saturated rings. The molecule has 2 aliphatic rings. The summed E-state index contributed by atoms with van der Waals surface area (Å²) in [6.07, 6.45) is 4.61. The van der Waals surface area contributed by atoms with Gasteiger partial charge in [0.1, 0.15) is 0 Å². The number of rotatable bonds is 5. The van der Waals surface area contributed by atoms with Crippen molar-refractivity contribution in [3.05, 3.63) is 65.2 Å². The maximum absolute atomic E-state index is 12.9. The van der Waals surface area contributed by atoms with Gasteiger partial charge < -0.3 is 10.2 Å². The van der Waals surface area contributed by atoms with Gasteiger partial charge in [0.2, 0.25) is 11.8 Å². The van der Waals surface area contributed by atoms with E-state index in [2.05, 4.69) is 11.4 Å². The third kappa shape index (κ3) is 3.61. The number of nitrogens with one attached hydrogen (secondary N) is 1. The van der Waals surface area contributed by atoms with Crippen LogP contribution in [0.15, 0.2) is 48.5 Å². The van der Waals surface area contributed by atoms with Crippen molar-refractivity contribution in [2.45, 2.75) is 31.2 Å². The Morgan fingerprint density at radius 3 is 2.59 bits per heavy atom. The van der Waals surface area contributed by atoms with Crippen molar-refractivity contribution in [1.82, 2.24) is 4.90 Å². The summed E-state index contributed by atoms with van der Waals surface area (Å²) in [5.74, 6) is 0.772. The molecule has 1 aliphatic carbocycles. The van der Waals surface area contributed by atoms with Crippen molar-refractivity contribution >= 4 is 29.3 Å². The number of thioether (sulfide) groups is 1. The van der Waals surface area contributed by atoms with Gasteiger partial charge >= 0.3 is 0 Å². The predicted molar refractivity (Wildman–Crippen MR) is 110 cm³/mol. The van der Waals surface area contributed by atoms with E-state index in [9.17, 15) is 9.59 Å². The number of carbonyl (C=O) groups is 2. The first-order valence-electron chi connectivity index (χ1n) is 9.38. The topological polar surface area (TPSA) is 49.4 Å². The molecule has 2 aromatic carbocycles. The fourth-order valence-corrected chi connectivity index (χ4v) is 4.27. The van der Waals surface area contributed by atoms with E-state index in [1.54, 1.807) is 11.8 Å². The van der Waals surface area contributed by atoms with Crippen molar-refractivity contribution in [3.63, 3.8) is 0 Å². The van der Waals surface area contributed by atoms with Crippen molar-refractivity contribution in [2.24, 2.45) is 0 Å². The lowest BCUT2D eigenvalue weighted by Crippen LogP contribution is -2.37. The number of fused-ring (bicyclic) bond motifs is 1. The maximum atomic E-state index is 12.9. The number of hydrogen-bond acceptors (Lipinski definition) is 3. The summed E-state index contributed by atoms with van der Waals surface area (Å²) in [6.45, 7) is 1.40. The molecular weight excluding hydrogens is 356 g/mol. The highest BCUT2D eigenvalue weighted by Crippen LogP contribution is 2.49. The third-order valence-electron chi connectivity index (χ3n) is 5.61. The number of hydrogen-bond donors (Lipinski definition) is 1. The Bertz CT molecular complexity index is 862. The number of anilines is 1. The molecule has 2 amide bonds. The summed E-state index contributed by atoms with van der Waals surface area (Å²) in [4.78, 5) is 27.1. The monoisotopic (exact) mass is 380 g/mol. The van der Waals surface area contributed by atoms with Crippen LogP contribution in [0.2, 0.25) is 0 Å². The van der Waals surface area contributed by atoms with Crippen molar-refractivity contribution in [3.8, 4) is 0 Å². The minimum Gasteiger partial charge on any atom is -0.337 e. The zero-order chi connectivity index (χ0) is 18.9. The lowest BCUT2D eigenvalue weighted by molar-refractivity contribution is -0.129. The van der Waals surface area contributed by atoms with Crippen LogP contribution in [0.4, 0.5) is 5.69 Å². The van der Waals surface area contributed by atoms with Crippen LogP contribution in [0, 0.1) is 0 Å². The Hall–Kier alpha value is -2.27. The van der Waals surface area contributed by atoms with E-state index in [0.29, 0.717) is 12.3 Å². The second kappa shape index (κ2) is 7.39. The molecule has 4 rings (SSSR count). The average molecular weight is 381 g/mol. The Balaban J connectivity index is 1.49. The van der Waals surface area contributed by atoms with E-state index in [1.807, 2.05) is 53.6 Å². The van der Waals surface area contributed by atoms with Gasteiger partial charge in [-0.15, -0.1) is 0 Å². The molecule has 0 atom stereocenters. The molecule has 1 N–H and O–H groups in total. The van der Waals surface area contributed by atoms with E-state index in [0.717, 1.165) is 42.6 Å². The molecule has 0 aromatic heterocycles. The van der Waals surface area contributed by atoms with Crippen LogP contribution in [0.5, 0.6) is 0 Å². The van der Waals surface area contributed by atoms with Crippen LogP contribution < -0.4 is 5.32 Å². The van der Waals surface area contributed by atoms with Gasteiger partial charge in [0.05, 0.1) is 11.2 Å². The van der Waals surface area contributed by atoms with Crippen molar-refractivity contribution in [1.29, 1.82) is 0 Å². The van der Waals surface area contributed by atoms with Crippen LogP contribution in [0.1, 0.15) is 29.5 Å². The standard InChI is InChI=1S/C22H24N2O2S/c1-27-15-20(25)24-12-9-16-7-8-19(13-17(16)14-24)23-21(26)22(10-11-22)18-5-3-2-4-6-18/h2-8,13H,9-12,14-15H2,1H3,(H,23,26). The van der Waals surface area contributed by atoms with Crippen LogP contribution in [-0.4, -0.2) is 35.3 Å². The fraction of sp³-hybridized carbons (Fsp3) is 0.364. The van der Waals surface area contributed by atoms with Gasteiger partial charge in [-0.2, -0.15) is 11.8 Å². The van der Waals surface area contributed by atoms with Crippen LogP contribution in [0.3, 0.4) is 0 Å². The van der Waals surface area contributed by atoms with E-state index < -0.39 is 0 Å². The predicted octanol–water partition coefficient (Wildman–Crippen LogP) is 3.60. The first-order valence-corrected chi connectivity index (χ1v) is 10.8. The molecule has 1 saturated carbocycles. The van der Waals surface area contributed by atoms with Gasteiger partial charge in [-0.25, -0.2) is 0 Å². The average Bonchev–Trinajstić information content (AvgIpc) is 3.50. The SMILES string of the molecule is CSCC(=O)N1CCc2ccc(NC(=O)C3(c4ccccc4)CC3)cc2C1. The van der Waals surface area contributed by atoms with Crippen LogP contribution >= 0.6 is 11.8 Å². The summed E-state index contributed by atoms with van der Waals surface area (Å²) in [6, 6.07) is 16.1. The van der Waals surface area contributed by atoms with E-state index >= 15 is 0 Å². The molecule has 5 heteroatoms. The molecule has 1 aliphatic heterocycles. The molecular formula is C22H24N2O2S. The maximum Gasteiger partial charge on any atom is 0.235 e. The number of carbonyl (C=O) groups excluding carboxylic acids is 2. The Morgan fingerprint density at radius 1 is 1.11 bits per heavy atom. The van der Waals surface area contributed by atoms with Gasteiger partial charge in [-0.05, 0) is 54.3 Å². The lowest BCUT2D eigenvalue weighted by Gasteiger charge is -2.29. The molecule has 140 valence electrons. The van der Waals surface area contributed by atoms with Gasteiger partial charge in [0.25, 0.3) is 0 Å². The van der Waals surface area contributed by atoms with Crippen LogP contribution in [-0.2, 0) is 28.0 Å². The Morgan fingerprint density at radius 2 is 1.89 bits per heavy atom. The normalized spacial score (nSPS) is 17.1. The van der Waals surface area contributed by atoms with E-state index in [1.165, 1.54) is 5.56 Å². The minimum absolute atomic E-state index is 0.0692. The van der Waals surface area contributed by atoms with Gasteiger partial charge in [-0.1, -0.05) is 36.4 Å². The highest BCUT2D eigenvalue weighted by atomic mass is 32.2. The highest BCUT2D eigenvalue weighted by Gasteiger charge is 2.51. The molecule has 0 spiro atoms. The second-order valence-electron chi connectivity index (χ2n) is 7.38. The fourth-order valence-electron chi connectivity index (χ4n) is 3.84. The third-order valence-corrected chi connectivity index (χ3v) is 6.14. The first kappa shape index (κ1) is 18.1. The number of nitrogens with zero attached hydrogens (tertiary/aromatic N) is 1. The lowest BCUT2D eigenvalue weighted by atomic mass is 9.94. The summed E-state index contributed by atoms with van der Waals surface area (Å²) in [5.41, 5.74) is 3.94. The van der Waals surface area contributed by atoms with E-state index in [-0.39, 0.29) is 17.2 Å². The summed E-state index contributed by atoms with van der Waals surface area (Å²) < 4.78 is 0. The molecule has 0 radical (unpaired) electrons.